The number of hydrogen-bond acceptors (Lipinski definition) is 1. The Hall–Kier alpha value is -1.03. The van der Waals surface area contributed by atoms with Crippen LogP contribution in [0, 0.1) is 0 Å². The Labute approximate surface area is 93.9 Å². The highest BCUT2D eigenvalue weighted by Crippen LogP contribution is 2.24. The molecule has 0 aliphatic heterocycles. The molecule has 0 amide bonds. The van der Waals surface area contributed by atoms with Crippen molar-refractivity contribution in [3.8, 4) is 0 Å². The third kappa shape index (κ3) is 3.23. The van der Waals surface area contributed by atoms with Crippen LogP contribution in [0.2, 0.25) is 0 Å². The van der Waals surface area contributed by atoms with E-state index in [1.807, 2.05) is 19.1 Å². The second-order valence-electron chi connectivity index (χ2n) is 3.60. The number of hydrogen-bond donors (Lipinski definition) is 0. The third-order valence-electron chi connectivity index (χ3n) is 2.60. The molecule has 1 aromatic rings. The summed E-state index contributed by atoms with van der Waals surface area (Å²) in [5.41, 5.74) is 1.73. The van der Waals surface area contributed by atoms with Gasteiger partial charge in [0.2, 0.25) is 0 Å². The van der Waals surface area contributed by atoms with E-state index in [4.69, 9.17) is 0 Å². The minimum absolute atomic E-state index is 0.0262. The Bertz CT molecular complexity index is 333. The molecule has 0 aromatic heterocycles. The first-order valence-corrected chi connectivity index (χ1v) is 5.37. The van der Waals surface area contributed by atoms with E-state index in [2.05, 4.69) is 0 Å². The van der Waals surface area contributed by atoms with E-state index >= 15 is 0 Å². The van der Waals surface area contributed by atoms with Crippen LogP contribution >= 0.6 is 0 Å². The van der Waals surface area contributed by atoms with Gasteiger partial charge in [-0.15, -0.1) is 0 Å². The Kier molecular flexibility index (Phi) is 4.35. The van der Waals surface area contributed by atoms with E-state index in [1.165, 1.54) is 6.92 Å². The SMILES string of the molecule is CCc1ccccc1CN(CC)C(F)(F)F. The zero-order chi connectivity index (χ0) is 12.2. The fourth-order valence-electron chi connectivity index (χ4n) is 1.64. The molecule has 0 fully saturated rings. The second-order valence-corrected chi connectivity index (χ2v) is 3.60. The highest BCUT2D eigenvalue weighted by Gasteiger charge is 2.35. The number of benzene rings is 1. The Morgan fingerprint density at radius 1 is 1.06 bits per heavy atom. The van der Waals surface area contributed by atoms with Gasteiger partial charge in [0.05, 0.1) is 0 Å². The van der Waals surface area contributed by atoms with Crippen molar-refractivity contribution >= 4 is 0 Å². The van der Waals surface area contributed by atoms with Gasteiger partial charge in [0.25, 0.3) is 0 Å². The number of halogens is 3. The lowest BCUT2D eigenvalue weighted by molar-refractivity contribution is -0.247. The molecule has 0 saturated carbocycles. The van der Waals surface area contributed by atoms with Gasteiger partial charge in [-0.1, -0.05) is 38.1 Å². The van der Waals surface area contributed by atoms with Crippen molar-refractivity contribution in [2.24, 2.45) is 0 Å². The molecule has 0 unspecified atom stereocenters. The van der Waals surface area contributed by atoms with E-state index in [0.717, 1.165) is 17.5 Å². The standard InChI is InChI=1S/C12H16F3N/c1-3-10-7-5-6-8-11(10)9-16(4-2)12(13,14)15/h5-8H,3-4,9H2,1-2H3. The molecule has 0 spiro atoms. The van der Waals surface area contributed by atoms with Crippen LogP contribution in [-0.4, -0.2) is 17.7 Å². The zero-order valence-electron chi connectivity index (χ0n) is 9.51. The lowest BCUT2D eigenvalue weighted by atomic mass is 10.1. The van der Waals surface area contributed by atoms with Crippen LogP contribution in [-0.2, 0) is 13.0 Å². The monoisotopic (exact) mass is 231 g/mol. The van der Waals surface area contributed by atoms with Crippen molar-refractivity contribution in [2.45, 2.75) is 33.1 Å². The number of nitrogens with zero attached hydrogens (tertiary/aromatic N) is 1. The van der Waals surface area contributed by atoms with Gasteiger partial charge in [0, 0.05) is 13.1 Å². The van der Waals surface area contributed by atoms with Gasteiger partial charge in [0.15, 0.2) is 0 Å². The normalized spacial score (nSPS) is 12.1. The summed E-state index contributed by atoms with van der Waals surface area (Å²) in [5.74, 6) is 0. The largest absolute Gasteiger partial charge is 0.460 e. The molecule has 1 nitrogen and oxygen atoms in total. The van der Waals surface area contributed by atoms with Crippen LogP contribution in [0.25, 0.3) is 0 Å². The predicted molar refractivity (Wildman–Crippen MR) is 58.0 cm³/mol. The van der Waals surface area contributed by atoms with Crippen LogP contribution in [0.3, 0.4) is 0 Å². The van der Waals surface area contributed by atoms with Gasteiger partial charge >= 0.3 is 6.30 Å². The molecular weight excluding hydrogens is 215 g/mol. The first-order chi connectivity index (χ1) is 7.49. The summed E-state index contributed by atoms with van der Waals surface area (Å²) in [6.07, 6.45) is -3.50. The molecule has 0 atom stereocenters. The Morgan fingerprint density at radius 2 is 1.62 bits per heavy atom. The first-order valence-electron chi connectivity index (χ1n) is 5.37. The molecule has 0 radical (unpaired) electrons. The van der Waals surface area contributed by atoms with Crippen molar-refractivity contribution in [1.82, 2.24) is 4.90 Å². The van der Waals surface area contributed by atoms with E-state index in [0.29, 0.717) is 4.90 Å². The van der Waals surface area contributed by atoms with Crippen LogP contribution in [0.4, 0.5) is 13.2 Å². The third-order valence-corrected chi connectivity index (χ3v) is 2.60. The highest BCUT2D eigenvalue weighted by atomic mass is 19.4. The molecule has 1 rings (SSSR count). The number of rotatable bonds is 4. The minimum Gasteiger partial charge on any atom is -0.210 e. The lowest BCUT2D eigenvalue weighted by Crippen LogP contribution is -2.37. The molecule has 0 aliphatic carbocycles. The van der Waals surface area contributed by atoms with Gasteiger partial charge in [-0.25, -0.2) is 4.90 Å². The van der Waals surface area contributed by atoms with Crippen molar-refractivity contribution < 1.29 is 13.2 Å². The summed E-state index contributed by atoms with van der Waals surface area (Å²) in [7, 11) is 0. The van der Waals surface area contributed by atoms with Gasteiger partial charge in [-0.3, -0.25) is 0 Å². The van der Waals surface area contributed by atoms with Gasteiger partial charge in [0.1, 0.15) is 0 Å². The molecule has 0 N–H and O–H groups in total. The van der Waals surface area contributed by atoms with Crippen LogP contribution in [0.5, 0.6) is 0 Å². The summed E-state index contributed by atoms with van der Waals surface area (Å²) < 4.78 is 37.7. The van der Waals surface area contributed by atoms with Crippen LogP contribution in [0.15, 0.2) is 24.3 Å². The Balaban J connectivity index is 2.86. The second kappa shape index (κ2) is 5.34. The summed E-state index contributed by atoms with van der Waals surface area (Å²) in [6.45, 7) is 3.37. The zero-order valence-corrected chi connectivity index (χ0v) is 9.51. The number of alkyl halides is 3. The van der Waals surface area contributed by atoms with Gasteiger partial charge in [-0.05, 0) is 17.5 Å². The van der Waals surface area contributed by atoms with Crippen molar-refractivity contribution in [3.63, 3.8) is 0 Å². The molecule has 0 heterocycles. The van der Waals surface area contributed by atoms with Gasteiger partial charge in [-0.2, -0.15) is 13.2 Å². The molecule has 1 aromatic carbocycles. The van der Waals surface area contributed by atoms with Crippen molar-refractivity contribution in [2.75, 3.05) is 6.54 Å². The number of aryl methyl sites for hydroxylation is 1. The molecule has 0 aliphatic rings. The summed E-state index contributed by atoms with van der Waals surface area (Å²) in [6, 6.07) is 7.26. The molecular formula is C12H16F3N. The lowest BCUT2D eigenvalue weighted by Gasteiger charge is -2.24. The fraction of sp³-hybridized carbons (Fsp3) is 0.500. The van der Waals surface area contributed by atoms with Crippen LogP contribution in [0.1, 0.15) is 25.0 Å². The van der Waals surface area contributed by atoms with Crippen LogP contribution < -0.4 is 0 Å². The average Bonchev–Trinajstić information content (AvgIpc) is 2.24. The fourth-order valence-corrected chi connectivity index (χ4v) is 1.64. The summed E-state index contributed by atoms with van der Waals surface area (Å²) >= 11 is 0. The van der Waals surface area contributed by atoms with E-state index in [1.54, 1.807) is 12.1 Å². The molecule has 90 valence electrons. The molecule has 16 heavy (non-hydrogen) atoms. The van der Waals surface area contributed by atoms with E-state index < -0.39 is 6.30 Å². The maximum atomic E-state index is 12.6. The molecule has 0 saturated heterocycles. The summed E-state index contributed by atoms with van der Waals surface area (Å²) in [5, 5.41) is 0. The van der Waals surface area contributed by atoms with E-state index in [-0.39, 0.29) is 13.1 Å². The highest BCUT2D eigenvalue weighted by molar-refractivity contribution is 5.26. The maximum absolute atomic E-state index is 12.6. The van der Waals surface area contributed by atoms with Crippen molar-refractivity contribution in [1.29, 1.82) is 0 Å². The smallest absolute Gasteiger partial charge is 0.210 e. The van der Waals surface area contributed by atoms with E-state index in [9.17, 15) is 13.2 Å². The van der Waals surface area contributed by atoms with Gasteiger partial charge < -0.3 is 0 Å². The topological polar surface area (TPSA) is 3.24 Å². The average molecular weight is 231 g/mol. The van der Waals surface area contributed by atoms with Crippen molar-refractivity contribution in [3.05, 3.63) is 35.4 Å². The quantitative estimate of drug-likeness (QED) is 0.716. The Morgan fingerprint density at radius 3 is 2.06 bits per heavy atom. The maximum Gasteiger partial charge on any atom is 0.460 e. The first kappa shape index (κ1) is 13.0. The molecule has 0 bridgehead atoms. The molecule has 4 heteroatoms. The summed E-state index contributed by atoms with van der Waals surface area (Å²) in [4.78, 5) is 0.515. The predicted octanol–water partition coefficient (Wildman–Crippen LogP) is 3.59. The minimum atomic E-state index is -4.25.